The molecule has 1 aliphatic heterocycles. The first-order valence-electron chi connectivity index (χ1n) is 6.00. The van der Waals surface area contributed by atoms with Crippen molar-refractivity contribution in [2.24, 2.45) is 0 Å². The lowest BCUT2D eigenvalue weighted by Crippen LogP contribution is -2.41. The van der Waals surface area contributed by atoms with Gasteiger partial charge in [-0.1, -0.05) is 17.7 Å². The lowest BCUT2D eigenvalue weighted by Gasteiger charge is -2.33. The standard InChI is InChI=1S/C13H19ClN2O/c1-10-9-16(5-6-17-10)12-4-3-11(8-15-2)13(14)7-12/h3-4,7,10,15H,5-6,8-9H2,1-2H3. The van der Waals surface area contributed by atoms with Gasteiger partial charge in [-0.3, -0.25) is 0 Å². The SMILES string of the molecule is CNCc1ccc(N2CCOC(C)C2)cc1Cl. The van der Waals surface area contributed by atoms with Gasteiger partial charge < -0.3 is 15.0 Å². The van der Waals surface area contributed by atoms with Gasteiger partial charge in [0.25, 0.3) is 0 Å². The number of ether oxygens (including phenoxy) is 1. The van der Waals surface area contributed by atoms with E-state index in [2.05, 4.69) is 29.3 Å². The molecule has 0 amide bonds. The fraction of sp³-hybridized carbons (Fsp3) is 0.538. The van der Waals surface area contributed by atoms with Gasteiger partial charge in [0.1, 0.15) is 0 Å². The Labute approximate surface area is 108 Å². The molecule has 1 fully saturated rings. The number of nitrogens with zero attached hydrogens (tertiary/aromatic N) is 1. The highest BCUT2D eigenvalue weighted by Gasteiger charge is 2.17. The summed E-state index contributed by atoms with van der Waals surface area (Å²) in [5, 5.41) is 3.94. The number of hydrogen-bond acceptors (Lipinski definition) is 3. The summed E-state index contributed by atoms with van der Waals surface area (Å²) in [5.41, 5.74) is 2.32. The highest BCUT2D eigenvalue weighted by molar-refractivity contribution is 6.31. The first-order valence-corrected chi connectivity index (χ1v) is 6.38. The van der Waals surface area contributed by atoms with Gasteiger partial charge in [-0.25, -0.2) is 0 Å². The van der Waals surface area contributed by atoms with E-state index < -0.39 is 0 Å². The molecular weight excluding hydrogens is 236 g/mol. The van der Waals surface area contributed by atoms with Gasteiger partial charge in [-0.15, -0.1) is 0 Å². The average Bonchev–Trinajstić information content (AvgIpc) is 2.32. The van der Waals surface area contributed by atoms with Crippen LogP contribution in [-0.2, 0) is 11.3 Å². The van der Waals surface area contributed by atoms with E-state index in [1.807, 2.05) is 13.1 Å². The number of morpholine rings is 1. The Kier molecular flexibility index (Phi) is 4.26. The van der Waals surface area contributed by atoms with Crippen LogP contribution in [0, 0.1) is 0 Å². The van der Waals surface area contributed by atoms with Crippen LogP contribution in [0.4, 0.5) is 5.69 Å². The number of halogens is 1. The molecule has 1 saturated heterocycles. The van der Waals surface area contributed by atoms with Crippen LogP contribution in [0.2, 0.25) is 5.02 Å². The van der Waals surface area contributed by atoms with E-state index in [0.29, 0.717) is 6.10 Å². The highest BCUT2D eigenvalue weighted by atomic mass is 35.5. The number of hydrogen-bond donors (Lipinski definition) is 1. The summed E-state index contributed by atoms with van der Waals surface area (Å²) in [4.78, 5) is 2.32. The first-order chi connectivity index (χ1) is 8.20. The molecule has 1 aromatic rings. The van der Waals surface area contributed by atoms with E-state index >= 15 is 0 Å². The molecule has 1 unspecified atom stereocenters. The molecule has 0 radical (unpaired) electrons. The predicted molar refractivity (Wildman–Crippen MR) is 71.8 cm³/mol. The van der Waals surface area contributed by atoms with Crippen LogP contribution >= 0.6 is 11.6 Å². The smallest absolute Gasteiger partial charge is 0.0722 e. The lowest BCUT2D eigenvalue weighted by atomic mass is 10.1. The van der Waals surface area contributed by atoms with E-state index in [9.17, 15) is 0 Å². The van der Waals surface area contributed by atoms with Crippen molar-refractivity contribution >= 4 is 17.3 Å². The number of rotatable bonds is 3. The maximum atomic E-state index is 6.27. The predicted octanol–water partition coefficient (Wildman–Crippen LogP) is 2.28. The molecule has 1 aromatic carbocycles. The number of benzene rings is 1. The summed E-state index contributed by atoms with van der Waals surface area (Å²) in [6, 6.07) is 6.27. The summed E-state index contributed by atoms with van der Waals surface area (Å²) in [7, 11) is 1.92. The van der Waals surface area contributed by atoms with E-state index in [-0.39, 0.29) is 0 Å². The quantitative estimate of drug-likeness (QED) is 0.896. The molecule has 1 N–H and O–H groups in total. The van der Waals surface area contributed by atoms with Gasteiger partial charge in [-0.2, -0.15) is 0 Å². The van der Waals surface area contributed by atoms with Crippen LogP contribution in [0.5, 0.6) is 0 Å². The van der Waals surface area contributed by atoms with E-state index in [1.54, 1.807) is 0 Å². The molecule has 3 nitrogen and oxygen atoms in total. The van der Waals surface area contributed by atoms with Crippen molar-refractivity contribution in [2.75, 3.05) is 31.6 Å². The molecule has 0 spiro atoms. The van der Waals surface area contributed by atoms with Gasteiger partial charge in [0.15, 0.2) is 0 Å². The molecule has 0 aromatic heterocycles. The molecule has 94 valence electrons. The maximum absolute atomic E-state index is 6.27. The van der Waals surface area contributed by atoms with E-state index in [4.69, 9.17) is 16.3 Å². The van der Waals surface area contributed by atoms with E-state index in [0.717, 1.165) is 36.8 Å². The minimum atomic E-state index is 0.291. The molecule has 0 saturated carbocycles. The second-order valence-corrected chi connectivity index (χ2v) is 4.84. The normalized spacial score (nSPS) is 20.6. The molecular formula is C13H19ClN2O. The van der Waals surface area contributed by atoms with Gasteiger partial charge in [0.05, 0.1) is 12.7 Å². The largest absolute Gasteiger partial charge is 0.375 e. The fourth-order valence-corrected chi connectivity index (χ4v) is 2.36. The van der Waals surface area contributed by atoms with Crippen LogP contribution in [0.15, 0.2) is 18.2 Å². The van der Waals surface area contributed by atoms with Crippen molar-refractivity contribution in [2.45, 2.75) is 19.6 Å². The zero-order chi connectivity index (χ0) is 12.3. The Hall–Kier alpha value is -0.770. The molecule has 17 heavy (non-hydrogen) atoms. The summed E-state index contributed by atoms with van der Waals surface area (Å²) < 4.78 is 5.54. The Morgan fingerprint density at radius 3 is 3.00 bits per heavy atom. The van der Waals surface area contributed by atoms with Gasteiger partial charge >= 0.3 is 0 Å². The first kappa shape index (κ1) is 12.7. The summed E-state index contributed by atoms with van der Waals surface area (Å²) in [6.07, 6.45) is 0.291. The van der Waals surface area contributed by atoms with Crippen molar-refractivity contribution in [3.05, 3.63) is 28.8 Å². The number of nitrogens with one attached hydrogen (secondary N) is 1. The van der Waals surface area contributed by atoms with Crippen LogP contribution in [0.1, 0.15) is 12.5 Å². The summed E-state index contributed by atoms with van der Waals surface area (Å²) >= 11 is 6.27. The third-order valence-corrected chi connectivity index (χ3v) is 3.36. The fourth-order valence-electron chi connectivity index (χ4n) is 2.12. The second-order valence-electron chi connectivity index (χ2n) is 4.43. The Bertz CT molecular complexity index is 384. The van der Waals surface area contributed by atoms with E-state index in [1.165, 1.54) is 5.69 Å². The van der Waals surface area contributed by atoms with Crippen LogP contribution < -0.4 is 10.2 Å². The highest BCUT2D eigenvalue weighted by Crippen LogP contribution is 2.25. The number of anilines is 1. The van der Waals surface area contributed by atoms with Gasteiger partial charge in [0.2, 0.25) is 0 Å². The van der Waals surface area contributed by atoms with Crippen LogP contribution in [0.3, 0.4) is 0 Å². The van der Waals surface area contributed by atoms with Crippen molar-refractivity contribution in [3.8, 4) is 0 Å². The van der Waals surface area contributed by atoms with Crippen molar-refractivity contribution < 1.29 is 4.74 Å². The second kappa shape index (κ2) is 5.71. The summed E-state index contributed by atoms with van der Waals surface area (Å²) in [5.74, 6) is 0. The minimum Gasteiger partial charge on any atom is -0.375 e. The van der Waals surface area contributed by atoms with Crippen LogP contribution in [0.25, 0.3) is 0 Å². The van der Waals surface area contributed by atoms with Crippen molar-refractivity contribution in [1.29, 1.82) is 0 Å². The molecule has 1 aliphatic rings. The molecule has 1 atom stereocenters. The topological polar surface area (TPSA) is 24.5 Å². The maximum Gasteiger partial charge on any atom is 0.0722 e. The lowest BCUT2D eigenvalue weighted by molar-refractivity contribution is 0.0532. The third-order valence-electron chi connectivity index (χ3n) is 3.01. The minimum absolute atomic E-state index is 0.291. The Morgan fingerprint density at radius 2 is 2.35 bits per heavy atom. The molecule has 1 heterocycles. The van der Waals surface area contributed by atoms with Gasteiger partial charge in [-0.05, 0) is 31.7 Å². The Morgan fingerprint density at radius 1 is 1.53 bits per heavy atom. The molecule has 2 rings (SSSR count). The van der Waals surface area contributed by atoms with Crippen molar-refractivity contribution in [3.63, 3.8) is 0 Å². The Balaban J connectivity index is 2.13. The average molecular weight is 255 g/mol. The zero-order valence-electron chi connectivity index (χ0n) is 10.4. The van der Waals surface area contributed by atoms with Crippen molar-refractivity contribution in [1.82, 2.24) is 5.32 Å². The van der Waals surface area contributed by atoms with Gasteiger partial charge in [0, 0.05) is 30.3 Å². The zero-order valence-corrected chi connectivity index (χ0v) is 11.1. The summed E-state index contributed by atoms with van der Waals surface area (Å²) in [6.45, 7) is 5.56. The van der Waals surface area contributed by atoms with Crippen LogP contribution in [-0.4, -0.2) is 32.8 Å². The molecule has 4 heteroatoms. The third kappa shape index (κ3) is 3.12. The molecule has 0 bridgehead atoms. The molecule has 0 aliphatic carbocycles. The monoisotopic (exact) mass is 254 g/mol.